The molecule has 0 saturated carbocycles. The molecule has 1 aliphatic heterocycles. The summed E-state index contributed by atoms with van der Waals surface area (Å²) < 4.78 is 6.69. The van der Waals surface area contributed by atoms with Crippen molar-refractivity contribution in [3.8, 4) is 0 Å². The zero-order valence-electron chi connectivity index (χ0n) is 17.3. The molecule has 1 fully saturated rings. The minimum atomic E-state index is -0.569. The van der Waals surface area contributed by atoms with E-state index >= 15 is 0 Å². The SMILES string of the molecule is O=C(Cn1cnnn1)Nc1ccccc1C(=O)OCc1ccc(C(=O)N2CCCC2)cc1. The van der Waals surface area contributed by atoms with Crippen LogP contribution in [-0.4, -0.2) is 56.0 Å². The highest BCUT2D eigenvalue weighted by atomic mass is 16.5. The number of carbonyl (C=O) groups excluding carboxylic acids is 3. The van der Waals surface area contributed by atoms with Gasteiger partial charge >= 0.3 is 5.97 Å². The quantitative estimate of drug-likeness (QED) is 0.564. The van der Waals surface area contributed by atoms with Crippen LogP contribution in [0.1, 0.15) is 39.1 Å². The van der Waals surface area contributed by atoms with Gasteiger partial charge in [-0.05, 0) is 53.1 Å². The van der Waals surface area contributed by atoms with E-state index in [4.69, 9.17) is 4.74 Å². The second-order valence-corrected chi connectivity index (χ2v) is 7.37. The lowest BCUT2D eigenvalue weighted by Gasteiger charge is -2.15. The summed E-state index contributed by atoms with van der Waals surface area (Å²) in [5, 5.41) is 13.3. The van der Waals surface area contributed by atoms with E-state index in [-0.39, 0.29) is 30.5 Å². The van der Waals surface area contributed by atoms with Crippen LogP contribution in [0.3, 0.4) is 0 Å². The Labute approximate surface area is 184 Å². The zero-order chi connectivity index (χ0) is 22.3. The summed E-state index contributed by atoms with van der Waals surface area (Å²) in [6.07, 6.45) is 3.41. The Morgan fingerprint density at radius 1 is 1.00 bits per heavy atom. The van der Waals surface area contributed by atoms with Crippen molar-refractivity contribution < 1.29 is 19.1 Å². The number of amides is 2. The number of nitrogens with one attached hydrogen (secondary N) is 1. The monoisotopic (exact) mass is 434 g/mol. The second kappa shape index (κ2) is 9.82. The maximum atomic E-state index is 12.6. The van der Waals surface area contributed by atoms with Crippen molar-refractivity contribution in [3.63, 3.8) is 0 Å². The summed E-state index contributed by atoms with van der Waals surface area (Å²) in [6, 6.07) is 13.6. The van der Waals surface area contributed by atoms with E-state index in [0.29, 0.717) is 11.3 Å². The number of aromatic nitrogens is 4. The van der Waals surface area contributed by atoms with Crippen LogP contribution >= 0.6 is 0 Å². The Morgan fingerprint density at radius 3 is 2.47 bits per heavy atom. The molecule has 10 nitrogen and oxygen atoms in total. The van der Waals surface area contributed by atoms with Crippen molar-refractivity contribution in [2.75, 3.05) is 18.4 Å². The Kier molecular flexibility index (Phi) is 6.49. The van der Waals surface area contributed by atoms with E-state index in [9.17, 15) is 14.4 Å². The fraction of sp³-hybridized carbons (Fsp3) is 0.273. The fourth-order valence-electron chi connectivity index (χ4n) is 3.43. The van der Waals surface area contributed by atoms with E-state index in [0.717, 1.165) is 31.5 Å². The molecule has 2 amide bonds. The number of rotatable bonds is 7. The van der Waals surface area contributed by atoms with Gasteiger partial charge in [0, 0.05) is 18.7 Å². The number of esters is 1. The van der Waals surface area contributed by atoms with Gasteiger partial charge in [0.15, 0.2) is 0 Å². The first kappa shape index (κ1) is 21.2. The maximum Gasteiger partial charge on any atom is 0.340 e. The van der Waals surface area contributed by atoms with Gasteiger partial charge in [-0.15, -0.1) is 5.10 Å². The van der Waals surface area contributed by atoms with E-state index in [1.54, 1.807) is 48.5 Å². The summed E-state index contributed by atoms with van der Waals surface area (Å²) in [5.74, 6) is -0.922. The summed E-state index contributed by atoms with van der Waals surface area (Å²) in [6.45, 7) is 1.55. The van der Waals surface area contributed by atoms with Crippen LogP contribution in [0.25, 0.3) is 0 Å². The normalized spacial score (nSPS) is 13.1. The summed E-state index contributed by atoms with van der Waals surface area (Å²) in [7, 11) is 0. The molecule has 1 aliphatic rings. The average molecular weight is 434 g/mol. The van der Waals surface area contributed by atoms with Gasteiger partial charge in [-0.25, -0.2) is 9.48 Å². The molecule has 3 aromatic rings. The highest BCUT2D eigenvalue weighted by Gasteiger charge is 2.19. The predicted molar refractivity (Wildman–Crippen MR) is 114 cm³/mol. The minimum Gasteiger partial charge on any atom is -0.457 e. The van der Waals surface area contributed by atoms with Crippen LogP contribution in [0.15, 0.2) is 54.9 Å². The smallest absolute Gasteiger partial charge is 0.340 e. The van der Waals surface area contributed by atoms with E-state index < -0.39 is 5.97 Å². The number of benzene rings is 2. The lowest BCUT2D eigenvalue weighted by molar-refractivity contribution is -0.116. The molecule has 2 heterocycles. The van der Waals surface area contributed by atoms with Gasteiger partial charge in [-0.2, -0.15) is 0 Å². The molecule has 32 heavy (non-hydrogen) atoms. The summed E-state index contributed by atoms with van der Waals surface area (Å²) >= 11 is 0. The highest BCUT2D eigenvalue weighted by Crippen LogP contribution is 2.18. The lowest BCUT2D eigenvalue weighted by Crippen LogP contribution is -2.27. The number of anilines is 1. The van der Waals surface area contributed by atoms with Gasteiger partial charge in [-0.3, -0.25) is 9.59 Å². The standard InChI is InChI=1S/C22H22N6O4/c29-20(13-28-15-23-25-26-28)24-19-6-2-1-5-18(19)22(31)32-14-16-7-9-17(10-8-16)21(30)27-11-3-4-12-27/h1-2,5-10,15H,3-4,11-14H2,(H,24,29). The van der Waals surface area contributed by atoms with Crippen LogP contribution < -0.4 is 5.32 Å². The predicted octanol–water partition coefficient (Wildman–Crippen LogP) is 1.90. The van der Waals surface area contributed by atoms with E-state index in [1.165, 1.54) is 11.0 Å². The Morgan fingerprint density at radius 2 is 1.75 bits per heavy atom. The number of carbonyl (C=O) groups is 3. The third-order valence-electron chi connectivity index (χ3n) is 5.08. The zero-order valence-corrected chi connectivity index (χ0v) is 17.3. The van der Waals surface area contributed by atoms with Crippen LogP contribution in [0.2, 0.25) is 0 Å². The van der Waals surface area contributed by atoms with E-state index in [1.807, 2.05) is 4.90 Å². The molecule has 0 radical (unpaired) electrons. The number of tetrazole rings is 1. The first-order valence-corrected chi connectivity index (χ1v) is 10.2. The third kappa shape index (κ3) is 5.15. The largest absolute Gasteiger partial charge is 0.457 e. The topological polar surface area (TPSA) is 119 Å². The number of nitrogens with zero attached hydrogens (tertiary/aromatic N) is 5. The molecule has 1 N–H and O–H groups in total. The Balaban J connectivity index is 1.35. The van der Waals surface area contributed by atoms with Crippen molar-refractivity contribution >= 4 is 23.5 Å². The lowest BCUT2D eigenvalue weighted by atomic mass is 10.1. The number of hydrogen-bond donors (Lipinski definition) is 1. The average Bonchev–Trinajstić information content (AvgIpc) is 3.52. The number of hydrogen-bond acceptors (Lipinski definition) is 7. The molecule has 0 unspecified atom stereocenters. The Bertz CT molecular complexity index is 1090. The van der Waals surface area contributed by atoms with Crippen LogP contribution in [0.5, 0.6) is 0 Å². The maximum absolute atomic E-state index is 12.6. The van der Waals surface area contributed by atoms with Crippen molar-refractivity contribution in [2.24, 2.45) is 0 Å². The van der Waals surface area contributed by atoms with Gasteiger partial charge in [0.2, 0.25) is 5.91 Å². The molecule has 0 aliphatic carbocycles. The molecule has 4 rings (SSSR count). The number of ether oxygens (including phenoxy) is 1. The van der Waals surface area contributed by atoms with Crippen LogP contribution in [0.4, 0.5) is 5.69 Å². The first-order chi connectivity index (χ1) is 15.6. The van der Waals surface area contributed by atoms with E-state index in [2.05, 4.69) is 20.8 Å². The summed E-state index contributed by atoms with van der Waals surface area (Å²) in [4.78, 5) is 39.1. The molecule has 0 spiro atoms. The summed E-state index contributed by atoms with van der Waals surface area (Å²) in [5.41, 5.74) is 1.95. The van der Waals surface area contributed by atoms with Crippen molar-refractivity contribution in [3.05, 3.63) is 71.5 Å². The number of likely N-dealkylation sites (tertiary alicyclic amines) is 1. The third-order valence-corrected chi connectivity index (χ3v) is 5.08. The van der Waals surface area contributed by atoms with Gasteiger partial charge < -0.3 is 15.0 Å². The molecule has 10 heteroatoms. The fourth-order valence-corrected chi connectivity index (χ4v) is 3.43. The molecular weight excluding hydrogens is 412 g/mol. The minimum absolute atomic E-state index is 0.0254. The number of para-hydroxylation sites is 1. The van der Waals surface area contributed by atoms with Crippen molar-refractivity contribution in [1.29, 1.82) is 0 Å². The molecule has 2 aromatic carbocycles. The second-order valence-electron chi connectivity index (χ2n) is 7.37. The van der Waals surface area contributed by atoms with Crippen LogP contribution in [-0.2, 0) is 22.7 Å². The van der Waals surface area contributed by atoms with Gasteiger partial charge in [0.05, 0.1) is 11.3 Å². The van der Waals surface area contributed by atoms with Gasteiger partial charge in [0.1, 0.15) is 19.5 Å². The Hall–Kier alpha value is -4.08. The first-order valence-electron chi connectivity index (χ1n) is 10.2. The van der Waals surface area contributed by atoms with Crippen LogP contribution in [0, 0.1) is 0 Å². The highest BCUT2D eigenvalue weighted by molar-refractivity contribution is 6.01. The molecular formula is C22H22N6O4. The molecule has 1 saturated heterocycles. The molecule has 0 bridgehead atoms. The molecule has 1 aromatic heterocycles. The molecule has 0 atom stereocenters. The van der Waals surface area contributed by atoms with Crippen molar-refractivity contribution in [1.82, 2.24) is 25.1 Å². The van der Waals surface area contributed by atoms with Crippen molar-refractivity contribution in [2.45, 2.75) is 26.0 Å². The molecule has 164 valence electrons. The van der Waals surface area contributed by atoms with Gasteiger partial charge in [0.25, 0.3) is 5.91 Å². The van der Waals surface area contributed by atoms with Gasteiger partial charge in [-0.1, -0.05) is 24.3 Å².